The van der Waals surface area contributed by atoms with E-state index in [0.717, 1.165) is 45.0 Å². The number of nitrogens with zero attached hydrogens (tertiary/aromatic N) is 3. The van der Waals surface area contributed by atoms with Crippen molar-refractivity contribution in [1.82, 2.24) is 9.88 Å². The van der Waals surface area contributed by atoms with E-state index >= 15 is 0 Å². The second-order valence-electron chi connectivity index (χ2n) is 4.68. The minimum absolute atomic E-state index is 0.200. The summed E-state index contributed by atoms with van der Waals surface area (Å²) >= 11 is 0. The number of aliphatic hydroxyl groups is 1. The molecule has 1 aliphatic heterocycles. The van der Waals surface area contributed by atoms with E-state index in [4.69, 9.17) is 10.8 Å². The van der Waals surface area contributed by atoms with Crippen LogP contribution in [0.2, 0.25) is 0 Å². The van der Waals surface area contributed by atoms with E-state index in [-0.39, 0.29) is 6.61 Å². The van der Waals surface area contributed by atoms with Crippen molar-refractivity contribution >= 4 is 11.7 Å². The molecule has 0 bridgehead atoms. The van der Waals surface area contributed by atoms with E-state index in [0.29, 0.717) is 5.56 Å². The fraction of sp³-hybridized carbons (Fsp3) is 0.538. The van der Waals surface area contributed by atoms with Crippen LogP contribution in [-0.4, -0.2) is 60.2 Å². The minimum Gasteiger partial charge on any atom is -0.395 e. The second kappa shape index (κ2) is 6.49. The van der Waals surface area contributed by atoms with Crippen LogP contribution in [0, 0.1) is 0 Å². The highest BCUT2D eigenvalue weighted by Crippen LogP contribution is 2.14. The average molecular weight is 264 g/mol. The van der Waals surface area contributed by atoms with E-state index in [1.165, 1.54) is 6.20 Å². The van der Waals surface area contributed by atoms with Gasteiger partial charge in [0.1, 0.15) is 5.82 Å². The highest BCUT2D eigenvalue weighted by Gasteiger charge is 2.15. The van der Waals surface area contributed by atoms with Gasteiger partial charge in [-0.1, -0.05) is 0 Å². The number of nitrogens with two attached hydrogens (primary N) is 1. The molecule has 2 heterocycles. The lowest BCUT2D eigenvalue weighted by atomic mass is 10.2. The molecule has 0 saturated carbocycles. The van der Waals surface area contributed by atoms with Crippen LogP contribution in [0.1, 0.15) is 16.8 Å². The number of β-amino-alcohol motifs (C(OH)–C–C–N with tert-alkyl or cyclic N) is 1. The Morgan fingerprint density at radius 2 is 2.16 bits per heavy atom. The molecule has 1 aliphatic rings. The van der Waals surface area contributed by atoms with Gasteiger partial charge in [-0.05, 0) is 25.1 Å². The van der Waals surface area contributed by atoms with Gasteiger partial charge >= 0.3 is 0 Å². The summed E-state index contributed by atoms with van der Waals surface area (Å²) in [6.07, 6.45) is 2.56. The number of hydrogen-bond acceptors (Lipinski definition) is 5. The van der Waals surface area contributed by atoms with Crippen molar-refractivity contribution in [3.8, 4) is 0 Å². The summed E-state index contributed by atoms with van der Waals surface area (Å²) in [5.74, 6) is 0.417. The van der Waals surface area contributed by atoms with Crippen LogP contribution in [0.15, 0.2) is 18.3 Å². The SMILES string of the molecule is NC(=O)c1ccc(N2CCCN(CCO)CC2)nc1. The van der Waals surface area contributed by atoms with Crippen LogP contribution in [0.25, 0.3) is 0 Å². The summed E-state index contributed by atoms with van der Waals surface area (Å²) < 4.78 is 0. The molecule has 0 aliphatic carbocycles. The van der Waals surface area contributed by atoms with Crippen LogP contribution in [0.5, 0.6) is 0 Å². The first kappa shape index (κ1) is 13.8. The van der Waals surface area contributed by atoms with Gasteiger partial charge in [0.2, 0.25) is 5.91 Å². The Balaban J connectivity index is 1.99. The minimum atomic E-state index is -0.455. The molecule has 3 N–H and O–H groups in total. The molecule has 2 rings (SSSR count). The Hall–Kier alpha value is -1.66. The van der Waals surface area contributed by atoms with E-state index in [9.17, 15) is 4.79 Å². The van der Waals surface area contributed by atoms with Crippen molar-refractivity contribution < 1.29 is 9.90 Å². The quantitative estimate of drug-likeness (QED) is 0.779. The van der Waals surface area contributed by atoms with Crippen LogP contribution >= 0.6 is 0 Å². The maximum absolute atomic E-state index is 11.0. The maximum Gasteiger partial charge on any atom is 0.250 e. The van der Waals surface area contributed by atoms with Crippen molar-refractivity contribution in [2.75, 3.05) is 44.2 Å². The summed E-state index contributed by atoms with van der Waals surface area (Å²) in [7, 11) is 0. The van der Waals surface area contributed by atoms with Gasteiger partial charge in [-0.3, -0.25) is 9.69 Å². The molecule has 0 aromatic carbocycles. The summed E-state index contributed by atoms with van der Waals surface area (Å²) in [5, 5.41) is 8.96. The van der Waals surface area contributed by atoms with Gasteiger partial charge in [0.05, 0.1) is 12.2 Å². The summed E-state index contributed by atoms with van der Waals surface area (Å²) in [6.45, 7) is 4.65. The zero-order chi connectivity index (χ0) is 13.7. The summed E-state index contributed by atoms with van der Waals surface area (Å²) in [4.78, 5) is 19.7. The number of hydrogen-bond donors (Lipinski definition) is 2. The van der Waals surface area contributed by atoms with Gasteiger partial charge in [-0.15, -0.1) is 0 Å². The number of anilines is 1. The molecule has 6 nitrogen and oxygen atoms in total. The number of aliphatic hydroxyl groups excluding tert-OH is 1. The molecule has 0 spiro atoms. The summed E-state index contributed by atoms with van der Waals surface area (Å²) in [6, 6.07) is 3.54. The molecule has 1 amide bonds. The molecule has 1 aromatic heterocycles. The number of aromatic nitrogens is 1. The second-order valence-corrected chi connectivity index (χ2v) is 4.68. The Labute approximate surface area is 112 Å². The normalized spacial score (nSPS) is 17.2. The fourth-order valence-electron chi connectivity index (χ4n) is 2.28. The Bertz CT molecular complexity index is 421. The van der Waals surface area contributed by atoms with E-state index in [1.807, 2.05) is 6.07 Å². The van der Waals surface area contributed by atoms with Gasteiger partial charge in [-0.2, -0.15) is 0 Å². The first-order chi connectivity index (χ1) is 9.20. The van der Waals surface area contributed by atoms with Crippen LogP contribution in [-0.2, 0) is 0 Å². The molecule has 19 heavy (non-hydrogen) atoms. The fourth-order valence-corrected chi connectivity index (χ4v) is 2.28. The standard InChI is InChI=1S/C13H20N4O2/c14-13(19)11-2-3-12(15-10-11)17-5-1-4-16(6-7-17)8-9-18/h2-3,10,18H,1,4-9H2,(H2,14,19). The Morgan fingerprint density at radius 1 is 1.32 bits per heavy atom. The van der Waals surface area contributed by atoms with Crippen molar-refractivity contribution in [2.45, 2.75) is 6.42 Å². The number of amides is 1. The predicted octanol–water partition coefficient (Wildman–Crippen LogP) is -0.315. The molecule has 1 fully saturated rings. The lowest BCUT2D eigenvalue weighted by Crippen LogP contribution is -2.32. The lowest BCUT2D eigenvalue weighted by molar-refractivity contribution is 0.1000. The number of primary amides is 1. The smallest absolute Gasteiger partial charge is 0.250 e. The van der Waals surface area contributed by atoms with Crippen LogP contribution in [0.3, 0.4) is 0 Å². The largest absolute Gasteiger partial charge is 0.395 e. The van der Waals surface area contributed by atoms with Gasteiger partial charge < -0.3 is 15.7 Å². The first-order valence-corrected chi connectivity index (χ1v) is 6.54. The van der Waals surface area contributed by atoms with Crippen LogP contribution in [0.4, 0.5) is 5.82 Å². The molecule has 0 radical (unpaired) electrons. The van der Waals surface area contributed by atoms with Crippen molar-refractivity contribution in [3.63, 3.8) is 0 Å². The zero-order valence-electron chi connectivity index (χ0n) is 11.0. The van der Waals surface area contributed by atoms with Crippen molar-refractivity contribution in [1.29, 1.82) is 0 Å². The van der Waals surface area contributed by atoms with Gasteiger partial charge in [0, 0.05) is 32.4 Å². The number of carbonyl (C=O) groups is 1. The van der Waals surface area contributed by atoms with E-state index in [2.05, 4.69) is 14.8 Å². The van der Waals surface area contributed by atoms with Gasteiger partial charge in [-0.25, -0.2) is 4.98 Å². The molecule has 6 heteroatoms. The Morgan fingerprint density at radius 3 is 2.79 bits per heavy atom. The molecular weight excluding hydrogens is 244 g/mol. The third kappa shape index (κ3) is 3.65. The van der Waals surface area contributed by atoms with E-state index < -0.39 is 5.91 Å². The van der Waals surface area contributed by atoms with Crippen molar-refractivity contribution in [2.24, 2.45) is 5.73 Å². The zero-order valence-corrected chi connectivity index (χ0v) is 11.0. The maximum atomic E-state index is 11.0. The predicted molar refractivity (Wildman–Crippen MR) is 73.1 cm³/mol. The molecule has 0 atom stereocenters. The molecule has 0 unspecified atom stereocenters. The molecular formula is C13H20N4O2. The van der Waals surface area contributed by atoms with Gasteiger partial charge in [0.15, 0.2) is 0 Å². The monoisotopic (exact) mass is 264 g/mol. The topological polar surface area (TPSA) is 82.7 Å². The third-order valence-corrected chi connectivity index (χ3v) is 3.36. The number of carbonyl (C=O) groups excluding carboxylic acids is 1. The Kier molecular flexibility index (Phi) is 4.70. The van der Waals surface area contributed by atoms with Crippen LogP contribution < -0.4 is 10.6 Å². The average Bonchev–Trinajstić information content (AvgIpc) is 2.65. The molecule has 1 aromatic rings. The highest BCUT2D eigenvalue weighted by atomic mass is 16.3. The molecule has 104 valence electrons. The molecule has 1 saturated heterocycles. The number of pyridine rings is 1. The van der Waals surface area contributed by atoms with Gasteiger partial charge in [0.25, 0.3) is 0 Å². The van der Waals surface area contributed by atoms with E-state index in [1.54, 1.807) is 6.07 Å². The number of rotatable bonds is 4. The van der Waals surface area contributed by atoms with Crippen molar-refractivity contribution in [3.05, 3.63) is 23.9 Å². The summed E-state index contributed by atoms with van der Waals surface area (Å²) in [5.41, 5.74) is 5.63. The third-order valence-electron chi connectivity index (χ3n) is 3.36. The first-order valence-electron chi connectivity index (χ1n) is 6.54. The lowest BCUT2D eigenvalue weighted by Gasteiger charge is -2.22. The highest BCUT2D eigenvalue weighted by molar-refractivity contribution is 5.92.